The topological polar surface area (TPSA) is 118 Å². The van der Waals surface area contributed by atoms with Crippen LogP contribution in [0.3, 0.4) is 0 Å². The maximum Gasteiger partial charge on any atom is 0.305 e. The minimum absolute atomic E-state index is 0.0728. The van der Waals surface area contributed by atoms with Crippen LogP contribution >= 0.6 is 0 Å². The van der Waals surface area contributed by atoms with Gasteiger partial charge in [-0.25, -0.2) is 9.97 Å². The van der Waals surface area contributed by atoms with E-state index < -0.39 is 16.4 Å². The number of nitro benzene ring substituents is 1. The molecule has 0 aliphatic heterocycles. The summed E-state index contributed by atoms with van der Waals surface area (Å²) in [5, 5.41) is 23.2. The van der Waals surface area contributed by atoms with Gasteiger partial charge in [0, 0.05) is 23.1 Å². The molecule has 0 aliphatic rings. The van der Waals surface area contributed by atoms with Crippen LogP contribution in [-0.4, -0.2) is 31.5 Å². The maximum atomic E-state index is 10.9. The summed E-state index contributed by atoms with van der Waals surface area (Å²) in [5.41, 5.74) is -0.279. The van der Waals surface area contributed by atoms with Crippen molar-refractivity contribution in [2.45, 2.75) is 25.8 Å². The van der Waals surface area contributed by atoms with E-state index >= 15 is 0 Å². The summed E-state index contributed by atoms with van der Waals surface area (Å²) < 4.78 is 0. The molecule has 1 aromatic carbocycles. The Hall–Kier alpha value is -2.77. The number of hydrogen-bond acceptors (Lipinski definition) is 6. The highest BCUT2D eigenvalue weighted by molar-refractivity contribution is 5.91. The normalized spacial score (nSPS) is 11.3. The molecule has 0 amide bonds. The van der Waals surface area contributed by atoms with Gasteiger partial charge >= 0.3 is 5.97 Å². The average molecular weight is 290 g/mol. The fourth-order valence-corrected chi connectivity index (χ4v) is 2.00. The van der Waals surface area contributed by atoms with Gasteiger partial charge in [-0.05, 0) is 19.9 Å². The monoisotopic (exact) mass is 290 g/mol. The molecule has 0 saturated carbocycles. The Morgan fingerprint density at radius 3 is 2.76 bits per heavy atom. The summed E-state index contributed by atoms with van der Waals surface area (Å²) in [7, 11) is 0. The van der Waals surface area contributed by atoms with Gasteiger partial charge in [-0.1, -0.05) is 0 Å². The van der Waals surface area contributed by atoms with Gasteiger partial charge in [0.2, 0.25) is 0 Å². The molecule has 0 saturated heterocycles. The lowest BCUT2D eigenvalue weighted by atomic mass is 10.0. The number of carboxylic acids is 1. The van der Waals surface area contributed by atoms with E-state index in [1.54, 1.807) is 13.8 Å². The lowest BCUT2D eigenvalue weighted by molar-refractivity contribution is -0.384. The molecule has 0 aliphatic carbocycles. The van der Waals surface area contributed by atoms with Gasteiger partial charge < -0.3 is 10.4 Å². The van der Waals surface area contributed by atoms with Crippen LogP contribution in [0, 0.1) is 10.1 Å². The number of hydrogen-bond donors (Lipinski definition) is 2. The molecule has 2 aromatic rings. The summed E-state index contributed by atoms with van der Waals surface area (Å²) >= 11 is 0. The Bertz CT molecular complexity index is 714. The number of carboxylic acid groups (broad SMARTS) is 1. The third-order valence-corrected chi connectivity index (χ3v) is 2.88. The molecule has 21 heavy (non-hydrogen) atoms. The summed E-state index contributed by atoms with van der Waals surface area (Å²) in [4.78, 5) is 29.3. The summed E-state index contributed by atoms with van der Waals surface area (Å²) in [5.74, 6) is -0.577. The van der Waals surface area contributed by atoms with Gasteiger partial charge in [-0.3, -0.25) is 14.9 Å². The van der Waals surface area contributed by atoms with Gasteiger partial charge in [0.1, 0.15) is 12.1 Å². The van der Waals surface area contributed by atoms with Crippen molar-refractivity contribution in [2.24, 2.45) is 0 Å². The first-order chi connectivity index (χ1) is 9.78. The number of benzene rings is 1. The smallest absolute Gasteiger partial charge is 0.305 e. The number of rotatable bonds is 5. The van der Waals surface area contributed by atoms with E-state index in [1.807, 2.05) is 0 Å². The van der Waals surface area contributed by atoms with Crippen molar-refractivity contribution in [2.75, 3.05) is 5.32 Å². The van der Waals surface area contributed by atoms with E-state index in [4.69, 9.17) is 5.11 Å². The minimum atomic E-state index is -0.947. The van der Waals surface area contributed by atoms with Crippen molar-refractivity contribution >= 4 is 28.4 Å². The molecular weight excluding hydrogens is 276 g/mol. The van der Waals surface area contributed by atoms with Crippen LogP contribution < -0.4 is 5.32 Å². The number of anilines is 1. The molecule has 0 spiro atoms. The Morgan fingerprint density at radius 2 is 2.14 bits per heavy atom. The molecule has 0 atom stereocenters. The van der Waals surface area contributed by atoms with Gasteiger partial charge in [-0.15, -0.1) is 0 Å². The van der Waals surface area contributed by atoms with Crippen molar-refractivity contribution in [3.05, 3.63) is 34.6 Å². The zero-order valence-corrected chi connectivity index (χ0v) is 11.5. The lowest BCUT2D eigenvalue weighted by Crippen LogP contribution is -2.34. The highest BCUT2D eigenvalue weighted by Gasteiger charge is 2.23. The van der Waals surface area contributed by atoms with Crippen LogP contribution in [0.2, 0.25) is 0 Å². The molecule has 8 nitrogen and oxygen atoms in total. The fourth-order valence-electron chi connectivity index (χ4n) is 2.00. The Labute approximate surface area is 120 Å². The molecule has 1 heterocycles. The van der Waals surface area contributed by atoms with Crippen molar-refractivity contribution in [3.8, 4) is 0 Å². The third kappa shape index (κ3) is 3.41. The van der Waals surface area contributed by atoms with Crippen LogP contribution in [0.5, 0.6) is 0 Å². The highest BCUT2D eigenvalue weighted by Crippen LogP contribution is 2.27. The number of carbonyl (C=O) groups is 1. The molecule has 1 aromatic heterocycles. The highest BCUT2D eigenvalue weighted by atomic mass is 16.6. The average Bonchev–Trinajstić information content (AvgIpc) is 2.36. The Kier molecular flexibility index (Phi) is 3.70. The third-order valence-electron chi connectivity index (χ3n) is 2.88. The fraction of sp³-hybridized carbons (Fsp3) is 0.308. The first-order valence-corrected chi connectivity index (χ1v) is 6.18. The number of non-ortho nitro benzene ring substituents is 1. The number of nitrogens with zero attached hydrogens (tertiary/aromatic N) is 3. The van der Waals surface area contributed by atoms with Crippen LogP contribution in [0.1, 0.15) is 20.3 Å². The summed E-state index contributed by atoms with van der Waals surface area (Å²) in [6.07, 6.45) is 1.21. The van der Waals surface area contributed by atoms with Gasteiger partial charge in [0.15, 0.2) is 0 Å². The molecule has 0 bridgehead atoms. The molecule has 2 rings (SSSR count). The SMILES string of the molecule is CC(C)(CC(=O)O)Nc1ncnc2ccc([N+](=O)[O-])cc12. The molecule has 0 radical (unpaired) electrons. The zero-order chi connectivity index (χ0) is 15.6. The van der Waals surface area contributed by atoms with Crippen LogP contribution in [-0.2, 0) is 4.79 Å². The lowest BCUT2D eigenvalue weighted by Gasteiger charge is -2.25. The van der Waals surface area contributed by atoms with Crippen molar-refractivity contribution < 1.29 is 14.8 Å². The quantitative estimate of drug-likeness (QED) is 0.640. The van der Waals surface area contributed by atoms with Crippen molar-refractivity contribution in [1.82, 2.24) is 9.97 Å². The Balaban J connectivity index is 2.46. The molecular formula is C13H14N4O4. The van der Waals surface area contributed by atoms with Crippen molar-refractivity contribution in [1.29, 1.82) is 0 Å². The number of nitro groups is 1. The van der Waals surface area contributed by atoms with E-state index in [-0.39, 0.29) is 12.1 Å². The molecule has 8 heteroatoms. The summed E-state index contributed by atoms with van der Waals surface area (Å²) in [6.45, 7) is 3.43. The predicted molar refractivity (Wildman–Crippen MR) is 76.1 cm³/mol. The molecule has 2 N–H and O–H groups in total. The van der Waals surface area contributed by atoms with Gasteiger partial charge in [-0.2, -0.15) is 0 Å². The van der Waals surface area contributed by atoms with E-state index in [2.05, 4.69) is 15.3 Å². The first kappa shape index (κ1) is 14.6. The number of aliphatic carboxylic acids is 1. The molecule has 110 valence electrons. The zero-order valence-electron chi connectivity index (χ0n) is 11.5. The van der Waals surface area contributed by atoms with E-state index in [1.165, 1.54) is 24.5 Å². The standard InChI is InChI=1S/C13H14N4O4/c1-13(2,6-11(18)19)16-12-9-5-8(17(20)21)3-4-10(9)14-7-15-12/h3-5,7H,6H2,1-2H3,(H,18,19)(H,14,15,16). The molecule has 0 unspecified atom stereocenters. The second-order valence-electron chi connectivity index (χ2n) is 5.26. The Morgan fingerprint density at radius 1 is 1.43 bits per heavy atom. The van der Waals surface area contributed by atoms with E-state index in [9.17, 15) is 14.9 Å². The van der Waals surface area contributed by atoms with Gasteiger partial charge in [0.05, 0.1) is 16.9 Å². The van der Waals surface area contributed by atoms with Crippen molar-refractivity contribution in [3.63, 3.8) is 0 Å². The van der Waals surface area contributed by atoms with Crippen LogP contribution in [0.15, 0.2) is 24.5 Å². The maximum absolute atomic E-state index is 10.9. The second kappa shape index (κ2) is 5.31. The summed E-state index contributed by atoms with van der Waals surface area (Å²) in [6, 6.07) is 4.26. The number of fused-ring (bicyclic) bond motifs is 1. The van der Waals surface area contributed by atoms with Gasteiger partial charge in [0.25, 0.3) is 5.69 Å². The minimum Gasteiger partial charge on any atom is -0.481 e. The largest absolute Gasteiger partial charge is 0.481 e. The van der Waals surface area contributed by atoms with E-state index in [0.29, 0.717) is 16.7 Å². The van der Waals surface area contributed by atoms with Crippen LogP contribution in [0.4, 0.5) is 11.5 Å². The first-order valence-electron chi connectivity index (χ1n) is 6.18. The van der Waals surface area contributed by atoms with Crippen LogP contribution in [0.25, 0.3) is 10.9 Å². The van der Waals surface area contributed by atoms with E-state index in [0.717, 1.165) is 0 Å². The second-order valence-corrected chi connectivity index (χ2v) is 5.26. The number of nitrogens with one attached hydrogen (secondary N) is 1. The predicted octanol–water partition coefficient (Wildman–Crippen LogP) is 2.20. The number of aromatic nitrogens is 2. The molecule has 0 fully saturated rings.